The van der Waals surface area contributed by atoms with Crippen molar-refractivity contribution in [2.75, 3.05) is 4.72 Å². The fourth-order valence-corrected chi connectivity index (χ4v) is 4.05. The quantitative estimate of drug-likeness (QED) is 0.263. The van der Waals surface area contributed by atoms with Gasteiger partial charge in [-0.15, -0.1) is 6.42 Å². The van der Waals surface area contributed by atoms with Crippen LogP contribution in [-0.4, -0.2) is 11.1 Å². The number of nitrogens with one attached hydrogen (secondary N) is 1. The maximum Gasteiger partial charge on any atom is 0.338 e. The Morgan fingerprint density at radius 3 is 2.70 bits per heavy atom. The predicted molar refractivity (Wildman–Crippen MR) is 111 cm³/mol. The maximum absolute atomic E-state index is 14.6. The first-order chi connectivity index (χ1) is 14.4. The van der Waals surface area contributed by atoms with Crippen LogP contribution in [-0.2, 0) is 11.3 Å². The van der Waals surface area contributed by atoms with Gasteiger partial charge < -0.3 is 14.6 Å². The molecule has 0 spiro atoms. The van der Waals surface area contributed by atoms with Gasteiger partial charge in [0.1, 0.15) is 24.0 Å². The number of phenols is 1. The molecule has 0 radical (unpaired) electrons. The molecule has 1 aliphatic rings. The fourth-order valence-electron chi connectivity index (χ4n) is 3.01. The molecule has 3 aromatic rings. The van der Waals surface area contributed by atoms with Crippen LogP contribution in [0.5, 0.6) is 5.75 Å². The number of phenolic OH excluding ortho intramolecular Hbond substituents is 1. The van der Waals surface area contributed by atoms with E-state index < -0.39 is 17.6 Å². The van der Waals surface area contributed by atoms with E-state index in [0.29, 0.717) is 16.7 Å². The average Bonchev–Trinajstić information content (AvgIpc) is 2.74. The Labute approximate surface area is 180 Å². The van der Waals surface area contributed by atoms with Crippen molar-refractivity contribution in [2.45, 2.75) is 11.5 Å². The molecule has 3 aromatic carbocycles. The number of fused-ring (bicyclic) bond motifs is 6. The molecule has 1 heterocycles. The van der Waals surface area contributed by atoms with Crippen molar-refractivity contribution in [3.63, 3.8) is 0 Å². The topological polar surface area (TPSA) is 58.6 Å². The molecule has 4 bridgehead atoms. The van der Waals surface area contributed by atoms with Crippen LogP contribution in [0.1, 0.15) is 21.5 Å². The minimum Gasteiger partial charge on any atom is -0.505 e. The Morgan fingerprint density at radius 1 is 1.13 bits per heavy atom. The second kappa shape index (κ2) is 7.90. The van der Waals surface area contributed by atoms with Crippen LogP contribution in [0, 0.1) is 24.0 Å². The van der Waals surface area contributed by atoms with E-state index in [9.17, 15) is 18.7 Å². The first kappa shape index (κ1) is 20.1. The molecule has 8 heteroatoms. The SMILES string of the molecule is C#Cc1ccc2c(c1)COC(=O)c1cc(Cl)c(O)c(c1)SNc1cc-2c(F)cc1F. The summed E-state index contributed by atoms with van der Waals surface area (Å²) < 4.78 is 37.1. The second-order valence-electron chi connectivity index (χ2n) is 6.41. The summed E-state index contributed by atoms with van der Waals surface area (Å²) in [7, 11) is 0. The number of halogens is 3. The smallest absolute Gasteiger partial charge is 0.338 e. The molecule has 2 N–H and O–H groups in total. The van der Waals surface area contributed by atoms with Gasteiger partial charge in [-0.25, -0.2) is 13.6 Å². The number of terminal acetylenes is 1. The highest BCUT2D eigenvalue weighted by atomic mass is 35.5. The molecule has 0 unspecified atom stereocenters. The summed E-state index contributed by atoms with van der Waals surface area (Å²) in [6.45, 7) is -0.204. The fraction of sp³-hybridized carbons (Fsp3) is 0.0455. The highest BCUT2D eigenvalue weighted by molar-refractivity contribution is 8.00. The molecule has 0 amide bonds. The molecular weight excluding hydrogens is 432 g/mol. The Bertz CT molecular complexity index is 1240. The lowest BCUT2D eigenvalue weighted by Gasteiger charge is -2.14. The molecule has 30 heavy (non-hydrogen) atoms. The summed E-state index contributed by atoms with van der Waals surface area (Å²) in [4.78, 5) is 12.7. The van der Waals surface area contributed by atoms with E-state index in [4.69, 9.17) is 22.8 Å². The number of hydrogen-bond acceptors (Lipinski definition) is 5. The molecular formula is C22H12ClF2NO3S. The molecule has 0 aromatic heterocycles. The number of cyclic esters (lactones) is 1. The summed E-state index contributed by atoms with van der Waals surface area (Å²) in [5.41, 5.74) is 1.54. The lowest BCUT2D eigenvalue weighted by molar-refractivity contribution is 0.0473. The lowest BCUT2D eigenvalue weighted by Crippen LogP contribution is -2.07. The number of rotatable bonds is 0. The Morgan fingerprint density at radius 2 is 1.93 bits per heavy atom. The lowest BCUT2D eigenvalue weighted by atomic mass is 9.97. The van der Waals surface area contributed by atoms with Crippen LogP contribution in [0.3, 0.4) is 0 Å². The van der Waals surface area contributed by atoms with Crippen LogP contribution >= 0.6 is 23.5 Å². The minimum atomic E-state index is -0.825. The summed E-state index contributed by atoms with van der Waals surface area (Å²) in [5, 5.41) is 10.1. The van der Waals surface area contributed by atoms with E-state index in [2.05, 4.69) is 10.6 Å². The van der Waals surface area contributed by atoms with Crippen molar-refractivity contribution < 1.29 is 23.4 Å². The van der Waals surface area contributed by atoms with Crippen LogP contribution < -0.4 is 4.72 Å². The third kappa shape index (κ3) is 3.67. The number of esters is 1. The van der Waals surface area contributed by atoms with Gasteiger partial charge in [0.2, 0.25) is 0 Å². The summed E-state index contributed by atoms with van der Waals surface area (Å²) in [6, 6.07) is 9.49. The molecule has 0 saturated carbocycles. The number of aromatic hydroxyl groups is 1. The molecule has 150 valence electrons. The number of carbonyl (C=O) groups excluding carboxylic acids is 1. The molecule has 0 atom stereocenters. The Kier molecular flexibility index (Phi) is 5.29. The zero-order valence-electron chi connectivity index (χ0n) is 15.1. The zero-order valence-corrected chi connectivity index (χ0v) is 16.7. The van der Waals surface area contributed by atoms with Gasteiger partial charge in [0.25, 0.3) is 0 Å². The van der Waals surface area contributed by atoms with E-state index in [0.717, 1.165) is 18.0 Å². The number of anilines is 1. The molecule has 4 rings (SSSR count). The van der Waals surface area contributed by atoms with Gasteiger partial charge in [-0.1, -0.05) is 23.6 Å². The van der Waals surface area contributed by atoms with Gasteiger partial charge in [0, 0.05) is 17.2 Å². The van der Waals surface area contributed by atoms with Gasteiger partial charge in [-0.05, 0) is 53.4 Å². The number of carbonyl (C=O) groups is 1. The number of ether oxygens (including phenoxy) is 1. The molecule has 0 saturated heterocycles. The molecule has 1 aliphatic heterocycles. The van der Waals surface area contributed by atoms with Crippen LogP contribution in [0.2, 0.25) is 5.02 Å². The van der Waals surface area contributed by atoms with E-state index in [-0.39, 0.29) is 39.1 Å². The summed E-state index contributed by atoms with van der Waals surface area (Å²) >= 11 is 6.84. The van der Waals surface area contributed by atoms with Gasteiger partial charge >= 0.3 is 5.97 Å². The first-order valence-corrected chi connectivity index (χ1v) is 9.78. The number of hydrogen-bond donors (Lipinski definition) is 2. The minimum absolute atomic E-state index is 0.0178. The van der Waals surface area contributed by atoms with Crippen molar-refractivity contribution in [2.24, 2.45) is 0 Å². The average molecular weight is 444 g/mol. The molecule has 4 nitrogen and oxygen atoms in total. The van der Waals surface area contributed by atoms with Crippen molar-refractivity contribution in [1.29, 1.82) is 0 Å². The third-order valence-corrected chi connectivity index (χ3v) is 5.65. The van der Waals surface area contributed by atoms with Crippen molar-refractivity contribution in [3.05, 3.63) is 75.8 Å². The second-order valence-corrected chi connectivity index (χ2v) is 7.67. The van der Waals surface area contributed by atoms with Crippen LogP contribution in [0.25, 0.3) is 11.1 Å². The third-order valence-electron chi connectivity index (χ3n) is 4.51. The van der Waals surface area contributed by atoms with Crippen LogP contribution in [0.4, 0.5) is 14.5 Å². The Balaban J connectivity index is 1.92. The van der Waals surface area contributed by atoms with Gasteiger partial charge in [-0.2, -0.15) is 0 Å². The van der Waals surface area contributed by atoms with Crippen LogP contribution in [0.15, 0.2) is 47.4 Å². The van der Waals surface area contributed by atoms with E-state index in [1.807, 2.05) is 0 Å². The van der Waals surface area contributed by atoms with E-state index in [1.54, 1.807) is 18.2 Å². The first-order valence-electron chi connectivity index (χ1n) is 8.59. The maximum atomic E-state index is 14.6. The van der Waals surface area contributed by atoms with Gasteiger partial charge in [0.15, 0.2) is 0 Å². The largest absolute Gasteiger partial charge is 0.505 e. The van der Waals surface area contributed by atoms with Gasteiger partial charge in [-0.3, -0.25) is 0 Å². The predicted octanol–water partition coefficient (Wildman–Crippen LogP) is 5.76. The molecule has 0 fully saturated rings. The van der Waals surface area contributed by atoms with Crippen molar-refractivity contribution in [3.8, 4) is 29.2 Å². The summed E-state index contributed by atoms with van der Waals surface area (Å²) in [6.07, 6.45) is 5.46. The normalized spacial score (nSPS) is 12.9. The summed E-state index contributed by atoms with van der Waals surface area (Å²) in [5.74, 6) is -0.120. The molecule has 0 aliphatic carbocycles. The Hall–Kier alpha value is -3.21. The van der Waals surface area contributed by atoms with E-state index in [1.165, 1.54) is 18.2 Å². The zero-order chi connectivity index (χ0) is 21.4. The highest BCUT2D eigenvalue weighted by Gasteiger charge is 2.20. The highest BCUT2D eigenvalue weighted by Crippen LogP contribution is 2.39. The number of benzene rings is 3. The monoisotopic (exact) mass is 443 g/mol. The van der Waals surface area contributed by atoms with Crippen molar-refractivity contribution in [1.82, 2.24) is 0 Å². The van der Waals surface area contributed by atoms with Gasteiger partial charge in [0.05, 0.1) is 21.2 Å². The van der Waals surface area contributed by atoms with Crippen molar-refractivity contribution >= 4 is 35.2 Å². The standard InChI is InChI=1S/C22H12ClF2NO3S/c1-2-11-3-4-14-13(5-11)10-29-22(28)12-6-16(23)21(27)20(7-12)30-26-19-8-15(14)17(24)9-18(19)25/h1,3-9,26-27H,10H2. The van der Waals surface area contributed by atoms with E-state index >= 15 is 0 Å².